The lowest BCUT2D eigenvalue weighted by molar-refractivity contribution is 0.0696. The van der Waals surface area contributed by atoms with Crippen molar-refractivity contribution in [3.8, 4) is 11.1 Å². The summed E-state index contributed by atoms with van der Waals surface area (Å²) in [6.45, 7) is 4.89. The van der Waals surface area contributed by atoms with Crippen LogP contribution in [0.2, 0.25) is 0 Å². The molecule has 2 nitrogen and oxygen atoms in total. The molecule has 0 saturated heterocycles. The Kier molecular flexibility index (Phi) is 3.57. The number of benzene rings is 2. The fourth-order valence-corrected chi connectivity index (χ4v) is 2.23. The van der Waals surface area contributed by atoms with Gasteiger partial charge in [0.25, 0.3) is 0 Å². The molecule has 0 amide bonds. The van der Waals surface area contributed by atoms with Gasteiger partial charge < -0.3 is 5.11 Å². The van der Waals surface area contributed by atoms with Crippen LogP contribution in [0.1, 0.15) is 27.0 Å². The minimum absolute atomic E-state index is 0.0769. The molecule has 20 heavy (non-hydrogen) atoms. The number of aryl methyl sites for hydroxylation is 3. The van der Waals surface area contributed by atoms with Crippen molar-refractivity contribution in [3.05, 3.63) is 58.2 Å². The molecular formula is C16H14F2O2. The second-order valence-electron chi connectivity index (χ2n) is 4.85. The molecule has 104 valence electrons. The summed E-state index contributed by atoms with van der Waals surface area (Å²) in [5, 5.41) is 9.13. The average molecular weight is 276 g/mol. The van der Waals surface area contributed by atoms with Gasteiger partial charge in [-0.1, -0.05) is 18.2 Å². The molecule has 2 aromatic carbocycles. The molecule has 0 fully saturated rings. The van der Waals surface area contributed by atoms with Crippen LogP contribution in [0.5, 0.6) is 0 Å². The first kappa shape index (κ1) is 14.2. The van der Waals surface area contributed by atoms with Crippen LogP contribution < -0.4 is 0 Å². The van der Waals surface area contributed by atoms with E-state index in [1.807, 2.05) is 0 Å². The van der Waals surface area contributed by atoms with Gasteiger partial charge in [0.05, 0.1) is 5.56 Å². The van der Waals surface area contributed by atoms with Gasteiger partial charge in [-0.05, 0) is 49.1 Å². The van der Waals surface area contributed by atoms with E-state index < -0.39 is 17.6 Å². The summed E-state index contributed by atoms with van der Waals surface area (Å²) in [6.07, 6.45) is 0. The highest BCUT2D eigenvalue weighted by molar-refractivity contribution is 5.91. The van der Waals surface area contributed by atoms with Crippen molar-refractivity contribution in [3.63, 3.8) is 0 Å². The Morgan fingerprint density at radius 3 is 2.15 bits per heavy atom. The fourth-order valence-electron chi connectivity index (χ4n) is 2.23. The summed E-state index contributed by atoms with van der Waals surface area (Å²) in [5.41, 5.74) is 2.07. The number of hydrogen-bond donors (Lipinski definition) is 1. The molecule has 0 aromatic heterocycles. The first-order chi connectivity index (χ1) is 9.32. The molecule has 0 radical (unpaired) electrons. The molecule has 2 aromatic rings. The molecule has 0 unspecified atom stereocenters. The first-order valence-corrected chi connectivity index (χ1v) is 6.12. The summed E-state index contributed by atoms with van der Waals surface area (Å²) in [7, 11) is 0. The Balaban J connectivity index is 2.73. The zero-order chi connectivity index (χ0) is 15.0. The predicted molar refractivity (Wildman–Crippen MR) is 73.0 cm³/mol. The summed E-state index contributed by atoms with van der Waals surface area (Å²) < 4.78 is 27.7. The van der Waals surface area contributed by atoms with E-state index >= 15 is 0 Å². The molecule has 1 N–H and O–H groups in total. The highest BCUT2D eigenvalue weighted by Crippen LogP contribution is 2.30. The largest absolute Gasteiger partial charge is 0.478 e. The van der Waals surface area contributed by atoms with Crippen LogP contribution in [-0.4, -0.2) is 11.1 Å². The third-order valence-corrected chi connectivity index (χ3v) is 3.37. The molecule has 0 heterocycles. The Labute approximate surface area is 115 Å². The third-order valence-electron chi connectivity index (χ3n) is 3.37. The van der Waals surface area contributed by atoms with Crippen LogP contribution in [0.4, 0.5) is 8.78 Å². The monoisotopic (exact) mass is 276 g/mol. The number of halogens is 2. The van der Waals surface area contributed by atoms with E-state index in [0.29, 0.717) is 16.7 Å². The maximum atomic E-state index is 14.0. The molecule has 0 aliphatic carbocycles. The first-order valence-electron chi connectivity index (χ1n) is 6.12. The molecule has 0 aliphatic heterocycles. The van der Waals surface area contributed by atoms with Crippen molar-refractivity contribution in [2.75, 3.05) is 0 Å². The summed E-state index contributed by atoms with van der Waals surface area (Å²) in [5.74, 6) is -2.94. The topological polar surface area (TPSA) is 37.3 Å². The normalized spacial score (nSPS) is 10.7. The van der Waals surface area contributed by atoms with Crippen LogP contribution in [0.3, 0.4) is 0 Å². The summed E-state index contributed by atoms with van der Waals surface area (Å²) >= 11 is 0. The van der Waals surface area contributed by atoms with Crippen LogP contribution in [-0.2, 0) is 0 Å². The van der Waals surface area contributed by atoms with Crippen molar-refractivity contribution in [2.45, 2.75) is 20.8 Å². The Hall–Kier alpha value is -2.23. The van der Waals surface area contributed by atoms with Gasteiger partial charge in [0.15, 0.2) is 11.6 Å². The van der Waals surface area contributed by atoms with Crippen molar-refractivity contribution in [1.82, 2.24) is 0 Å². The fraction of sp³-hybridized carbons (Fsp3) is 0.188. The van der Waals surface area contributed by atoms with Gasteiger partial charge in [-0.3, -0.25) is 0 Å². The number of carboxylic acid groups (broad SMARTS) is 1. The summed E-state index contributed by atoms with van der Waals surface area (Å²) in [4.78, 5) is 11.2. The van der Waals surface area contributed by atoms with Crippen molar-refractivity contribution < 1.29 is 18.7 Å². The highest BCUT2D eigenvalue weighted by atomic mass is 19.2. The maximum Gasteiger partial charge on any atom is 0.335 e. The second-order valence-corrected chi connectivity index (χ2v) is 4.85. The molecular weight excluding hydrogens is 262 g/mol. The Bertz CT molecular complexity index is 706. The van der Waals surface area contributed by atoms with Gasteiger partial charge in [-0.2, -0.15) is 0 Å². The van der Waals surface area contributed by atoms with Crippen molar-refractivity contribution in [1.29, 1.82) is 0 Å². The molecule has 0 atom stereocenters. The molecule has 0 spiro atoms. The number of aromatic carboxylic acids is 1. The van der Waals surface area contributed by atoms with Gasteiger partial charge in [-0.25, -0.2) is 13.6 Å². The lowest BCUT2D eigenvalue weighted by Gasteiger charge is -2.12. The van der Waals surface area contributed by atoms with Crippen LogP contribution in [0.25, 0.3) is 11.1 Å². The molecule has 0 aliphatic rings. The lowest BCUT2D eigenvalue weighted by Crippen LogP contribution is -2.02. The van der Waals surface area contributed by atoms with Crippen molar-refractivity contribution in [2.24, 2.45) is 0 Å². The smallest absolute Gasteiger partial charge is 0.335 e. The average Bonchev–Trinajstić information content (AvgIpc) is 2.37. The van der Waals surface area contributed by atoms with Gasteiger partial charge in [0.1, 0.15) is 0 Å². The lowest BCUT2D eigenvalue weighted by atomic mass is 9.94. The van der Waals surface area contributed by atoms with Crippen LogP contribution in [0, 0.1) is 32.4 Å². The van der Waals surface area contributed by atoms with Gasteiger partial charge in [0, 0.05) is 5.56 Å². The van der Waals surface area contributed by atoms with Crippen LogP contribution >= 0.6 is 0 Å². The van der Waals surface area contributed by atoms with Crippen LogP contribution in [0.15, 0.2) is 24.3 Å². The highest BCUT2D eigenvalue weighted by Gasteiger charge is 2.17. The molecule has 0 bridgehead atoms. The standard InChI is InChI=1S/C16H14F2O2/c1-8-4-5-11(15(18)14(8)17)12-7-13(16(19)20)10(3)6-9(12)2/h4-7H,1-3H3,(H,19,20). The molecule has 2 rings (SSSR count). The minimum atomic E-state index is -1.09. The number of carboxylic acids is 1. The maximum absolute atomic E-state index is 14.0. The van der Waals surface area contributed by atoms with E-state index in [2.05, 4.69) is 0 Å². The van der Waals surface area contributed by atoms with E-state index in [9.17, 15) is 13.6 Å². The van der Waals surface area contributed by atoms with Gasteiger partial charge in [0.2, 0.25) is 0 Å². The summed E-state index contributed by atoms with van der Waals surface area (Å²) in [6, 6.07) is 6.00. The number of carbonyl (C=O) groups is 1. The molecule has 0 saturated carbocycles. The SMILES string of the molecule is Cc1cc(C)c(-c2ccc(C)c(F)c2F)cc1C(=O)O. The quantitative estimate of drug-likeness (QED) is 0.890. The van der Waals surface area contributed by atoms with E-state index in [4.69, 9.17) is 5.11 Å². The molecule has 4 heteroatoms. The Morgan fingerprint density at radius 1 is 0.900 bits per heavy atom. The number of rotatable bonds is 2. The van der Waals surface area contributed by atoms with Gasteiger partial charge >= 0.3 is 5.97 Å². The van der Waals surface area contributed by atoms with Crippen molar-refractivity contribution >= 4 is 5.97 Å². The second kappa shape index (κ2) is 5.04. The van der Waals surface area contributed by atoms with E-state index in [0.717, 1.165) is 0 Å². The van der Waals surface area contributed by atoms with E-state index in [1.165, 1.54) is 25.1 Å². The number of hydrogen-bond acceptors (Lipinski definition) is 1. The zero-order valence-corrected chi connectivity index (χ0v) is 11.4. The predicted octanol–water partition coefficient (Wildman–Crippen LogP) is 4.26. The zero-order valence-electron chi connectivity index (χ0n) is 11.4. The third kappa shape index (κ3) is 2.29. The minimum Gasteiger partial charge on any atom is -0.478 e. The van der Waals surface area contributed by atoms with Gasteiger partial charge in [-0.15, -0.1) is 0 Å². The van der Waals surface area contributed by atoms with E-state index in [-0.39, 0.29) is 16.7 Å². The van der Waals surface area contributed by atoms with E-state index in [1.54, 1.807) is 19.9 Å². The Morgan fingerprint density at radius 2 is 1.55 bits per heavy atom.